The Hall–Kier alpha value is -0.890. The first-order valence-corrected chi connectivity index (χ1v) is 5.71. The number of hydrogen-bond acceptors (Lipinski definition) is 1. The van der Waals surface area contributed by atoms with E-state index in [4.69, 9.17) is 0 Å². The number of nitrogens with one attached hydrogen (secondary N) is 1. The van der Waals surface area contributed by atoms with Gasteiger partial charge in [-0.25, -0.2) is 4.39 Å². The zero-order valence-electron chi connectivity index (χ0n) is 9.22. The molecule has 2 heteroatoms. The lowest BCUT2D eigenvalue weighted by Gasteiger charge is -2.22. The molecule has 1 aliphatic rings. The quantitative estimate of drug-likeness (QED) is 0.786. The van der Waals surface area contributed by atoms with Gasteiger partial charge in [-0.15, -0.1) is 0 Å². The summed E-state index contributed by atoms with van der Waals surface area (Å²) < 4.78 is 13.3. The smallest absolute Gasteiger partial charge is 0.126 e. The van der Waals surface area contributed by atoms with Gasteiger partial charge in [-0.3, -0.25) is 0 Å². The zero-order valence-corrected chi connectivity index (χ0v) is 9.22. The highest BCUT2D eigenvalue weighted by Crippen LogP contribution is 2.18. The maximum atomic E-state index is 13.3. The molecule has 1 aliphatic heterocycles. The van der Waals surface area contributed by atoms with Crippen molar-refractivity contribution in [2.45, 2.75) is 26.2 Å². The molecule has 0 radical (unpaired) electrons. The summed E-state index contributed by atoms with van der Waals surface area (Å²) in [6, 6.07) is 5.61. The van der Waals surface area contributed by atoms with Crippen LogP contribution in [0.25, 0.3) is 0 Å². The molecular formula is C13H18FN. The number of rotatable bonds is 2. The van der Waals surface area contributed by atoms with Crippen LogP contribution in [-0.2, 0) is 6.42 Å². The second-order valence-corrected chi connectivity index (χ2v) is 4.50. The fraction of sp³-hybridized carbons (Fsp3) is 0.538. The molecule has 1 N–H and O–H groups in total. The van der Waals surface area contributed by atoms with Crippen LogP contribution < -0.4 is 5.32 Å². The molecule has 1 aromatic rings. The first-order chi connectivity index (χ1) is 7.25. The maximum absolute atomic E-state index is 13.3. The van der Waals surface area contributed by atoms with Gasteiger partial charge in [-0.1, -0.05) is 12.1 Å². The van der Waals surface area contributed by atoms with E-state index in [2.05, 4.69) is 5.32 Å². The molecular weight excluding hydrogens is 189 g/mol. The topological polar surface area (TPSA) is 12.0 Å². The summed E-state index contributed by atoms with van der Waals surface area (Å²) in [5.41, 5.74) is 1.87. The molecule has 0 saturated carbocycles. The van der Waals surface area contributed by atoms with Crippen molar-refractivity contribution in [1.29, 1.82) is 0 Å². The number of aryl methyl sites for hydroxylation is 1. The Labute approximate surface area is 90.7 Å². The summed E-state index contributed by atoms with van der Waals surface area (Å²) in [6.07, 6.45) is 3.52. The Morgan fingerprint density at radius 3 is 3.00 bits per heavy atom. The lowest BCUT2D eigenvalue weighted by atomic mass is 9.92. The predicted molar refractivity (Wildman–Crippen MR) is 60.4 cm³/mol. The first kappa shape index (κ1) is 10.6. The highest BCUT2D eigenvalue weighted by Gasteiger charge is 2.13. The number of hydrogen-bond donors (Lipinski definition) is 1. The van der Waals surface area contributed by atoms with Crippen LogP contribution in [-0.4, -0.2) is 13.1 Å². The number of benzene rings is 1. The normalized spacial score (nSPS) is 21.6. The number of piperidine rings is 1. The fourth-order valence-electron chi connectivity index (χ4n) is 2.19. The molecule has 1 atom stereocenters. The number of halogens is 1. The Morgan fingerprint density at radius 2 is 2.33 bits per heavy atom. The van der Waals surface area contributed by atoms with Crippen molar-refractivity contribution < 1.29 is 4.39 Å². The first-order valence-electron chi connectivity index (χ1n) is 5.71. The molecule has 0 bridgehead atoms. The molecule has 15 heavy (non-hydrogen) atoms. The van der Waals surface area contributed by atoms with Crippen LogP contribution in [0.3, 0.4) is 0 Å². The minimum atomic E-state index is -0.0729. The average molecular weight is 207 g/mol. The monoisotopic (exact) mass is 207 g/mol. The van der Waals surface area contributed by atoms with Crippen molar-refractivity contribution in [2.24, 2.45) is 5.92 Å². The van der Waals surface area contributed by atoms with E-state index in [0.717, 1.165) is 30.6 Å². The standard InChI is InChI=1S/C13H18FN/c1-10-4-5-11(8-13(10)14)7-12-3-2-6-15-9-12/h4-5,8,12,15H,2-3,6-7,9H2,1H3/t12-/m0/s1. The molecule has 0 aromatic heterocycles. The highest BCUT2D eigenvalue weighted by atomic mass is 19.1. The van der Waals surface area contributed by atoms with Crippen LogP contribution in [0.5, 0.6) is 0 Å². The summed E-state index contributed by atoms with van der Waals surface area (Å²) in [6.45, 7) is 4.02. The van der Waals surface area contributed by atoms with Crippen molar-refractivity contribution in [2.75, 3.05) is 13.1 Å². The van der Waals surface area contributed by atoms with Gasteiger partial charge >= 0.3 is 0 Å². The summed E-state index contributed by atoms with van der Waals surface area (Å²) in [5.74, 6) is 0.608. The van der Waals surface area contributed by atoms with Crippen LogP contribution in [0, 0.1) is 18.7 Å². The third-order valence-electron chi connectivity index (χ3n) is 3.16. The molecule has 1 aromatic carbocycles. The van der Waals surface area contributed by atoms with Crippen LogP contribution >= 0.6 is 0 Å². The van der Waals surface area contributed by atoms with Gasteiger partial charge in [0.15, 0.2) is 0 Å². The second-order valence-electron chi connectivity index (χ2n) is 4.50. The Morgan fingerprint density at radius 1 is 1.47 bits per heavy atom. The lowest BCUT2D eigenvalue weighted by Crippen LogP contribution is -2.30. The van der Waals surface area contributed by atoms with E-state index in [1.54, 1.807) is 13.0 Å². The third-order valence-corrected chi connectivity index (χ3v) is 3.16. The van der Waals surface area contributed by atoms with E-state index < -0.39 is 0 Å². The summed E-state index contributed by atoms with van der Waals surface area (Å²) in [4.78, 5) is 0. The minimum absolute atomic E-state index is 0.0729. The van der Waals surface area contributed by atoms with Crippen molar-refractivity contribution in [3.63, 3.8) is 0 Å². The van der Waals surface area contributed by atoms with Crippen molar-refractivity contribution >= 4 is 0 Å². The Balaban J connectivity index is 2.00. The third kappa shape index (κ3) is 2.78. The van der Waals surface area contributed by atoms with Gasteiger partial charge in [-0.2, -0.15) is 0 Å². The van der Waals surface area contributed by atoms with Crippen molar-refractivity contribution in [3.05, 3.63) is 35.1 Å². The van der Waals surface area contributed by atoms with Crippen LogP contribution in [0.4, 0.5) is 4.39 Å². The average Bonchev–Trinajstić information content (AvgIpc) is 2.25. The Bertz CT molecular complexity index is 329. The zero-order chi connectivity index (χ0) is 10.7. The van der Waals surface area contributed by atoms with Gasteiger partial charge in [-0.05, 0) is 62.4 Å². The summed E-state index contributed by atoms with van der Waals surface area (Å²) in [7, 11) is 0. The molecule has 1 nitrogen and oxygen atoms in total. The van der Waals surface area contributed by atoms with E-state index in [1.165, 1.54) is 12.8 Å². The van der Waals surface area contributed by atoms with E-state index in [9.17, 15) is 4.39 Å². The van der Waals surface area contributed by atoms with Crippen LogP contribution in [0.15, 0.2) is 18.2 Å². The van der Waals surface area contributed by atoms with Crippen LogP contribution in [0.1, 0.15) is 24.0 Å². The van der Waals surface area contributed by atoms with Crippen molar-refractivity contribution in [3.8, 4) is 0 Å². The van der Waals surface area contributed by atoms with Gasteiger partial charge in [0, 0.05) is 0 Å². The molecule has 1 fully saturated rings. The Kier molecular flexibility index (Phi) is 3.37. The molecule has 82 valence electrons. The van der Waals surface area contributed by atoms with Gasteiger partial charge in [0.25, 0.3) is 0 Å². The molecule has 0 amide bonds. The van der Waals surface area contributed by atoms with Gasteiger partial charge in [0.05, 0.1) is 0 Å². The summed E-state index contributed by atoms with van der Waals surface area (Å²) in [5, 5.41) is 3.39. The van der Waals surface area contributed by atoms with E-state index in [-0.39, 0.29) is 5.82 Å². The van der Waals surface area contributed by atoms with Gasteiger partial charge in [0.1, 0.15) is 5.82 Å². The van der Waals surface area contributed by atoms with E-state index >= 15 is 0 Å². The molecule has 0 aliphatic carbocycles. The molecule has 2 rings (SSSR count). The lowest BCUT2D eigenvalue weighted by molar-refractivity contribution is 0.375. The van der Waals surface area contributed by atoms with Crippen LogP contribution in [0.2, 0.25) is 0 Å². The molecule has 1 heterocycles. The van der Waals surface area contributed by atoms with Gasteiger partial charge in [0.2, 0.25) is 0 Å². The van der Waals surface area contributed by atoms with Gasteiger partial charge < -0.3 is 5.32 Å². The minimum Gasteiger partial charge on any atom is -0.316 e. The molecule has 1 saturated heterocycles. The second kappa shape index (κ2) is 4.75. The maximum Gasteiger partial charge on any atom is 0.126 e. The van der Waals surface area contributed by atoms with Crippen molar-refractivity contribution in [1.82, 2.24) is 5.32 Å². The molecule has 0 spiro atoms. The van der Waals surface area contributed by atoms with E-state index in [1.807, 2.05) is 12.1 Å². The van der Waals surface area contributed by atoms with E-state index in [0.29, 0.717) is 5.92 Å². The molecule has 0 unspecified atom stereocenters. The highest BCUT2D eigenvalue weighted by molar-refractivity contribution is 5.23. The SMILES string of the molecule is Cc1ccc(C[C@@H]2CCCNC2)cc1F. The fourth-order valence-corrected chi connectivity index (χ4v) is 2.19. The summed E-state index contributed by atoms with van der Waals surface area (Å²) >= 11 is 0. The largest absolute Gasteiger partial charge is 0.316 e. The predicted octanol–water partition coefficient (Wildman–Crippen LogP) is 2.68.